The summed E-state index contributed by atoms with van der Waals surface area (Å²) in [6, 6.07) is 11.4. The van der Waals surface area contributed by atoms with Gasteiger partial charge in [0.25, 0.3) is 0 Å². The molecule has 116 valence electrons. The van der Waals surface area contributed by atoms with Crippen LogP contribution in [0.2, 0.25) is 10.0 Å². The van der Waals surface area contributed by atoms with Gasteiger partial charge >= 0.3 is 0 Å². The Bertz CT molecular complexity index is 879. The van der Waals surface area contributed by atoms with Gasteiger partial charge in [0.15, 0.2) is 11.5 Å². The molecule has 0 aliphatic carbocycles. The fourth-order valence-corrected chi connectivity index (χ4v) is 3.50. The summed E-state index contributed by atoms with van der Waals surface area (Å²) < 4.78 is 11.2. The van der Waals surface area contributed by atoms with Crippen LogP contribution in [0, 0.1) is 0 Å². The van der Waals surface area contributed by atoms with Gasteiger partial charge in [-0.1, -0.05) is 29.3 Å². The maximum atomic E-state index is 6.08. The first kappa shape index (κ1) is 14.8. The maximum absolute atomic E-state index is 6.08. The van der Waals surface area contributed by atoms with Crippen molar-refractivity contribution < 1.29 is 9.47 Å². The van der Waals surface area contributed by atoms with E-state index in [0.717, 1.165) is 33.3 Å². The quantitative estimate of drug-likeness (QED) is 0.597. The highest BCUT2D eigenvalue weighted by atomic mass is 35.5. The Kier molecular flexibility index (Phi) is 3.89. The van der Waals surface area contributed by atoms with E-state index >= 15 is 0 Å². The number of rotatable bonds is 2. The number of hydrogen-bond acceptors (Lipinski definition) is 4. The van der Waals surface area contributed by atoms with Gasteiger partial charge in [-0.25, -0.2) is 4.98 Å². The second-order valence-corrected chi connectivity index (χ2v) is 6.70. The topological polar surface area (TPSA) is 31.4 Å². The summed E-state index contributed by atoms with van der Waals surface area (Å²) in [6.45, 7) is 1.16. The van der Waals surface area contributed by atoms with Crippen molar-refractivity contribution in [3.8, 4) is 33.3 Å². The first-order chi connectivity index (χ1) is 11.2. The molecule has 1 aliphatic rings. The number of hydrogen-bond donors (Lipinski definition) is 0. The summed E-state index contributed by atoms with van der Waals surface area (Å²) in [5.41, 5.74) is 2.82. The summed E-state index contributed by atoms with van der Waals surface area (Å²) in [7, 11) is 0. The third kappa shape index (κ3) is 2.90. The summed E-state index contributed by atoms with van der Waals surface area (Å²) in [4.78, 5) is 4.69. The van der Waals surface area contributed by atoms with E-state index in [4.69, 9.17) is 37.7 Å². The zero-order valence-corrected chi connectivity index (χ0v) is 14.2. The van der Waals surface area contributed by atoms with Crippen LogP contribution in [-0.4, -0.2) is 18.2 Å². The lowest BCUT2D eigenvalue weighted by Crippen LogP contribution is -2.15. The molecule has 3 nitrogen and oxygen atoms in total. The number of fused-ring (bicyclic) bond motifs is 1. The molecule has 0 spiro atoms. The van der Waals surface area contributed by atoms with Gasteiger partial charge in [0.2, 0.25) is 0 Å². The minimum absolute atomic E-state index is 0.526. The molecule has 4 rings (SSSR count). The van der Waals surface area contributed by atoms with Gasteiger partial charge in [-0.3, -0.25) is 0 Å². The van der Waals surface area contributed by atoms with Crippen molar-refractivity contribution in [2.45, 2.75) is 0 Å². The zero-order valence-electron chi connectivity index (χ0n) is 11.9. The first-order valence-corrected chi connectivity index (χ1v) is 8.65. The number of nitrogens with zero attached hydrogens (tertiary/aromatic N) is 1. The molecule has 1 aliphatic heterocycles. The second-order valence-electron chi connectivity index (χ2n) is 5.03. The lowest BCUT2D eigenvalue weighted by atomic mass is 10.1. The molecule has 0 saturated carbocycles. The van der Waals surface area contributed by atoms with Crippen LogP contribution in [0.5, 0.6) is 11.5 Å². The molecule has 6 heteroatoms. The van der Waals surface area contributed by atoms with Crippen molar-refractivity contribution in [2.24, 2.45) is 0 Å². The van der Waals surface area contributed by atoms with Crippen LogP contribution in [0.4, 0.5) is 0 Å². The van der Waals surface area contributed by atoms with E-state index in [9.17, 15) is 0 Å². The van der Waals surface area contributed by atoms with E-state index in [1.807, 2.05) is 35.7 Å². The summed E-state index contributed by atoms with van der Waals surface area (Å²) in [6.07, 6.45) is 0. The van der Waals surface area contributed by atoms with Crippen LogP contribution in [0.1, 0.15) is 0 Å². The summed E-state index contributed by atoms with van der Waals surface area (Å²) in [5.74, 6) is 1.54. The lowest BCUT2D eigenvalue weighted by Gasteiger charge is -2.18. The average molecular weight is 364 g/mol. The Morgan fingerprint density at radius 2 is 1.65 bits per heavy atom. The minimum Gasteiger partial charge on any atom is -0.486 e. The molecule has 1 aromatic heterocycles. The van der Waals surface area contributed by atoms with E-state index in [0.29, 0.717) is 23.3 Å². The van der Waals surface area contributed by atoms with Crippen LogP contribution in [0.25, 0.3) is 21.8 Å². The van der Waals surface area contributed by atoms with Gasteiger partial charge in [-0.15, -0.1) is 11.3 Å². The van der Waals surface area contributed by atoms with Crippen LogP contribution in [-0.2, 0) is 0 Å². The molecule has 0 N–H and O–H groups in total. The van der Waals surface area contributed by atoms with Crippen molar-refractivity contribution in [1.82, 2.24) is 4.98 Å². The van der Waals surface area contributed by atoms with Gasteiger partial charge in [-0.05, 0) is 30.3 Å². The second kappa shape index (κ2) is 6.04. The van der Waals surface area contributed by atoms with Crippen molar-refractivity contribution >= 4 is 34.5 Å². The van der Waals surface area contributed by atoms with Crippen LogP contribution in [0.15, 0.2) is 41.8 Å². The molecule has 2 aromatic carbocycles. The normalized spacial score (nSPS) is 13.1. The largest absolute Gasteiger partial charge is 0.486 e. The SMILES string of the molecule is Clc1ccc(-c2csc(-c3ccc4c(c3)OCCO4)n2)cc1Cl. The van der Waals surface area contributed by atoms with Crippen molar-refractivity contribution in [3.63, 3.8) is 0 Å². The number of halogens is 2. The van der Waals surface area contributed by atoms with E-state index in [2.05, 4.69) is 0 Å². The summed E-state index contributed by atoms with van der Waals surface area (Å²) >= 11 is 13.6. The highest BCUT2D eigenvalue weighted by molar-refractivity contribution is 7.13. The van der Waals surface area contributed by atoms with Gasteiger partial charge in [-0.2, -0.15) is 0 Å². The monoisotopic (exact) mass is 363 g/mol. The number of benzene rings is 2. The lowest BCUT2D eigenvalue weighted by molar-refractivity contribution is 0.171. The van der Waals surface area contributed by atoms with Crippen molar-refractivity contribution in [1.29, 1.82) is 0 Å². The van der Waals surface area contributed by atoms with Gasteiger partial charge in [0, 0.05) is 16.5 Å². The Morgan fingerprint density at radius 3 is 2.48 bits per heavy atom. The van der Waals surface area contributed by atoms with Crippen molar-refractivity contribution in [3.05, 3.63) is 51.8 Å². The Balaban J connectivity index is 1.68. The molecule has 23 heavy (non-hydrogen) atoms. The number of thiazole rings is 1. The predicted molar refractivity (Wildman–Crippen MR) is 94.0 cm³/mol. The van der Waals surface area contributed by atoms with Gasteiger partial charge < -0.3 is 9.47 Å². The third-order valence-corrected chi connectivity index (χ3v) is 5.14. The molecule has 0 bridgehead atoms. The third-order valence-electron chi connectivity index (χ3n) is 3.51. The van der Waals surface area contributed by atoms with Crippen LogP contribution >= 0.6 is 34.5 Å². The fraction of sp³-hybridized carbons (Fsp3) is 0.118. The van der Waals surface area contributed by atoms with Crippen molar-refractivity contribution in [2.75, 3.05) is 13.2 Å². The van der Waals surface area contributed by atoms with Gasteiger partial charge in [0.1, 0.15) is 18.2 Å². The smallest absolute Gasteiger partial charge is 0.162 e. The average Bonchev–Trinajstić information content (AvgIpc) is 3.07. The Morgan fingerprint density at radius 1 is 0.870 bits per heavy atom. The molecular formula is C17H11Cl2NO2S. The molecule has 0 radical (unpaired) electrons. The number of ether oxygens (including phenoxy) is 2. The molecule has 3 aromatic rings. The standard InChI is InChI=1S/C17H11Cl2NO2S/c18-12-3-1-10(7-13(12)19)14-9-23-17(20-14)11-2-4-15-16(8-11)22-6-5-21-15/h1-4,7-9H,5-6H2. The molecule has 0 amide bonds. The molecular weight excluding hydrogens is 353 g/mol. The Labute approximate surface area is 147 Å². The van der Waals surface area contributed by atoms with E-state index in [-0.39, 0.29) is 0 Å². The zero-order chi connectivity index (χ0) is 15.8. The predicted octanol–water partition coefficient (Wildman–Crippen LogP) is 5.56. The molecule has 0 fully saturated rings. The highest BCUT2D eigenvalue weighted by Crippen LogP contribution is 2.37. The fourth-order valence-electron chi connectivity index (χ4n) is 2.37. The molecule has 0 saturated heterocycles. The highest BCUT2D eigenvalue weighted by Gasteiger charge is 2.14. The number of aromatic nitrogens is 1. The molecule has 0 atom stereocenters. The maximum Gasteiger partial charge on any atom is 0.162 e. The molecule has 2 heterocycles. The van der Waals surface area contributed by atoms with Crippen LogP contribution in [0.3, 0.4) is 0 Å². The Hall–Kier alpha value is -1.75. The van der Waals surface area contributed by atoms with E-state index in [1.54, 1.807) is 17.4 Å². The van der Waals surface area contributed by atoms with Crippen LogP contribution < -0.4 is 9.47 Å². The van der Waals surface area contributed by atoms with E-state index < -0.39 is 0 Å². The summed E-state index contributed by atoms with van der Waals surface area (Å²) in [5, 5.41) is 3.99. The first-order valence-electron chi connectivity index (χ1n) is 7.02. The minimum atomic E-state index is 0.526. The van der Waals surface area contributed by atoms with E-state index in [1.165, 1.54) is 0 Å². The van der Waals surface area contributed by atoms with Gasteiger partial charge in [0.05, 0.1) is 15.7 Å². The molecule has 0 unspecified atom stereocenters.